The highest BCUT2D eigenvalue weighted by atomic mass is 19.2. The van der Waals surface area contributed by atoms with E-state index in [9.17, 15) is 13.2 Å². The van der Waals surface area contributed by atoms with Crippen LogP contribution in [0.15, 0.2) is 18.3 Å². The predicted octanol–water partition coefficient (Wildman–Crippen LogP) is 2.18. The maximum atomic E-state index is 13.4. The van der Waals surface area contributed by atoms with Crippen molar-refractivity contribution < 1.29 is 13.2 Å². The Balaban J connectivity index is 2.68. The Hall–Kier alpha value is -1.98. The van der Waals surface area contributed by atoms with Crippen molar-refractivity contribution in [3.8, 4) is 5.69 Å². The van der Waals surface area contributed by atoms with E-state index in [0.29, 0.717) is 11.8 Å². The summed E-state index contributed by atoms with van der Waals surface area (Å²) >= 11 is 0. The molecule has 0 aliphatic rings. The summed E-state index contributed by atoms with van der Waals surface area (Å²) in [5.41, 5.74) is 5.72. The first-order valence-corrected chi connectivity index (χ1v) is 4.45. The summed E-state index contributed by atoms with van der Waals surface area (Å²) in [6.07, 6.45) is 1.40. The van der Waals surface area contributed by atoms with Gasteiger partial charge in [0.05, 0.1) is 11.4 Å². The van der Waals surface area contributed by atoms with Crippen molar-refractivity contribution >= 4 is 5.95 Å². The molecule has 0 fully saturated rings. The molecule has 3 nitrogen and oxygen atoms in total. The van der Waals surface area contributed by atoms with Gasteiger partial charge in [0.25, 0.3) is 0 Å². The zero-order chi connectivity index (χ0) is 11.9. The molecule has 0 atom stereocenters. The number of hydrogen-bond donors (Lipinski definition) is 1. The number of nitrogens with zero attached hydrogens (tertiary/aromatic N) is 2. The van der Waals surface area contributed by atoms with E-state index >= 15 is 0 Å². The molecule has 0 aliphatic carbocycles. The fourth-order valence-corrected chi connectivity index (χ4v) is 1.43. The van der Waals surface area contributed by atoms with Gasteiger partial charge in [-0.3, -0.25) is 4.57 Å². The van der Waals surface area contributed by atoms with Crippen molar-refractivity contribution in [1.29, 1.82) is 0 Å². The number of hydrogen-bond acceptors (Lipinski definition) is 2. The van der Waals surface area contributed by atoms with E-state index in [4.69, 9.17) is 5.73 Å². The first-order valence-electron chi connectivity index (χ1n) is 4.45. The lowest BCUT2D eigenvalue weighted by Gasteiger charge is -2.06. The van der Waals surface area contributed by atoms with Crippen molar-refractivity contribution in [3.05, 3.63) is 41.5 Å². The molecular formula is C10H8F3N3. The minimum Gasteiger partial charge on any atom is -0.369 e. The van der Waals surface area contributed by atoms with Gasteiger partial charge in [-0.15, -0.1) is 0 Å². The van der Waals surface area contributed by atoms with Crippen LogP contribution < -0.4 is 5.73 Å². The smallest absolute Gasteiger partial charge is 0.205 e. The van der Waals surface area contributed by atoms with Gasteiger partial charge in [0, 0.05) is 18.3 Å². The Morgan fingerprint density at radius 3 is 2.50 bits per heavy atom. The van der Waals surface area contributed by atoms with E-state index in [-0.39, 0.29) is 11.6 Å². The highest BCUT2D eigenvalue weighted by Crippen LogP contribution is 2.21. The lowest BCUT2D eigenvalue weighted by Crippen LogP contribution is -2.04. The average Bonchev–Trinajstić information content (AvgIpc) is 2.51. The highest BCUT2D eigenvalue weighted by molar-refractivity contribution is 5.42. The third-order valence-corrected chi connectivity index (χ3v) is 2.09. The van der Waals surface area contributed by atoms with Crippen LogP contribution in [-0.2, 0) is 0 Å². The molecule has 1 heterocycles. The van der Waals surface area contributed by atoms with E-state index < -0.39 is 17.5 Å². The maximum Gasteiger partial charge on any atom is 0.205 e. The lowest BCUT2D eigenvalue weighted by atomic mass is 10.3. The van der Waals surface area contributed by atoms with Crippen molar-refractivity contribution in [2.24, 2.45) is 0 Å². The summed E-state index contributed by atoms with van der Waals surface area (Å²) in [6, 6.07) is 1.33. The van der Waals surface area contributed by atoms with Gasteiger partial charge in [0.15, 0.2) is 11.6 Å². The number of aryl methyl sites for hydroxylation is 1. The predicted molar refractivity (Wildman–Crippen MR) is 52.6 cm³/mol. The van der Waals surface area contributed by atoms with Crippen molar-refractivity contribution in [3.63, 3.8) is 0 Å². The van der Waals surface area contributed by atoms with Gasteiger partial charge in [-0.25, -0.2) is 18.2 Å². The second kappa shape index (κ2) is 3.55. The zero-order valence-corrected chi connectivity index (χ0v) is 8.34. The second-order valence-electron chi connectivity index (χ2n) is 3.33. The minimum atomic E-state index is -1.26. The Kier molecular flexibility index (Phi) is 2.34. The van der Waals surface area contributed by atoms with E-state index in [1.54, 1.807) is 6.92 Å². The molecule has 16 heavy (non-hydrogen) atoms. The molecule has 6 heteroatoms. The zero-order valence-electron chi connectivity index (χ0n) is 8.34. The second-order valence-corrected chi connectivity index (χ2v) is 3.33. The number of aromatic nitrogens is 2. The van der Waals surface area contributed by atoms with Gasteiger partial charge in [0.1, 0.15) is 5.82 Å². The number of nitrogen functional groups attached to an aromatic ring is 1. The molecule has 0 saturated heterocycles. The van der Waals surface area contributed by atoms with Crippen LogP contribution in [0.4, 0.5) is 19.1 Å². The number of rotatable bonds is 1. The number of benzene rings is 1. The topological polar surface area (TPSA) is 43.8 Å². The van der Waals surface area contributed by atoms with Crippen LogP contribution in [0.2, 0.25) is 0 Å². The van der Waals surface area contributed by atoms with E-state index in [0.717, 1.165) is 10.6 Å². The van der Waals surface area contributed by atoms with Gasteiger partial charge < -0.3 is 5.73 Å². The van der Waals surface area contributed by atoms with Crippen LogP contribution in [-0.4, -0.2) is 9.55 Å². The van der Waals surface area contributed by atoms with Crippen LogP contribution >= 0.6 is 0 Å². The molecule has 1 aromatic carbocycles. The monoisotopic (exact) mass is 227 g/mol. The largest absolute Gasteiger partial charge is 0.369 e. The summed E-state index contributed by atoms with van der Waals surface area (Å²) in [5.74, 6) is -3.33. The molecule has 0 spiro atoms. The summed E-state index contributed by atoms with van der Waals surface area (Å²) in [5, 5.41) is 0. The Bertz CT molecular complexity index is 548. The Labute approximate surface area is 89.3 Å². The fourth-order valence-electron chi connectivity index (χ4n) is 1.43. The first-order chi connectivity index (χ1) is 7.49. The van der Waals surface area contributed by atoms with Crippen LogP contribution in [0.25, 0.3) is 5.69 Å². The van der Waals surface area contributed by atoms with E-state index in [1.165, 1.54) is 6.20 Å². The first kappa shape index (κ1) is 10.5. The normalized spacial score (nSPS) is 10.8. The van der Waals surface area contributed by atoms with Gasteiger partial charge in [0.2, 0.25) is 5.95 Å². The van der Waals surface area contributed by atoms with E-state index in [1.807, 2.05) is 0 Å². The van der Waals surface area contributed by atoms with Gasteiger partial charge in [-0.2, -0.15) is 0 Å². The fraction of sp³-hybridized carbons (Fsp3) is 0.100. The Morgan fingerprint density at radius 1 is 1.25 bits per heavy atom. The van der Waals surface area contributed by atoms with Crippen molar-refractivity contribution in [2.75, 3.05) is 5.73 Å². The molecule has 0 amide bonds. The summed E-state index contributed by atoms with van der Waals surface area (Å²) < 4.78 is 40.4. The Morgan fingerprint density at radius 2 is 1.94 bits per heavy atom. The van der Waals surface area contributed by atoms with Gasteiger partial charge in [-0.05, 0) is 6.92 Å². The van der Waals surface area contributed by atoms with E-state index in [2.05, 4.69) is 4.98 Å². The van der Waals surface area contributed by atoms with Crippen LogP contribution in [0, 0.1) is 24.4 Å². The highest BCUT2D eigenvalue weighted by Gasteiger charge is 2.14. The molecule has 0 saturated carbocycles. The third-order valence-electron chi connectivity index (χ3n) is 2.09. The minimum absolute atomic E-state index is 0.0265. The number of halogens is 3. The van der Waals surface area contributed by atoms with Gasteiger partial charge in [-0.1, -0.05) is 0 Å². The summed E-state index contributed by atoms with van der Waals surface area (Å²) in [7, 11) is 0. The van der Waals surface area contributed by atoms with Gasteiger partial charge >= 0.3 is 0 Å². The van der Waals surface area contributed by atoms with Crippen LogP contribution in [0.1, 0.15) is 5.69 Å². The molecule has 0 bridgehead atoms. The summed E-state index contributed by atoms with van der Waals surface area (Å²) in [4.78, 5) is 3.82. The number of anilines is 1. The molecule has 0 radical (unpaired) electrons. The molecule has 84 valence electrons. The van der Waals surface area contributed by atoms with Crippen LogP contribution in [0.5, 0.6) is 0 Å². The molecular weight excluding hydrogens is 219 g/mol. The SMILES string of the molecule is Cc1cn(-c2cc(F)cc(F)c2F)c(N)n1. The molecule has 2 N–H and O–H groups in total. The maximum absolute atomic E-state index is 13.4. The molecule has 2 rings (SSSR count). The van der Waals surface area contributed by atoms with Crippen LogP contribution in [0.3, 0.4) is 0 Å². The summed E-state index contributed by atoms with van der Waals surface area (Å²) in [6.45, 7) is 1.64. The lowest BCUT2D eigenvalue weighted by molar-refractivity contribution is 0.491. The molecule has 1 aromatic heterocycles. The van der Waals surface area contributed by atoms with Crippen molar-refractivity contribution in [2.45, 2.75) is 6.92 Å². The van der Waals surface area contributed by atoms with Crippen molar-refractivity contribution in [1.82, 2.24) is 9.55 Å². The molecule has 0 aliphatic heterocycles. The quantitative estimate of drug-likeness (QED) is 0.759. The molecule has 0 unspecified atom stereocenters. The average molecular weight is 227 g/mol. The molecule has 2 aromatic rings. The third kappa shape index (κ3) is 1.62. The number of imidazole rings is 1. The number of nitrogens with two attached hydrogens (primary N) is 1. The standard InChI is InChI=1S/C10H8F3N3/c1-5-4-16(10(14)15-5)8-3-6(11)2-7(12)9(8)13/h2-4H,1H3,(H2,14,15).